The first-order valence-corrected chi connectivity index (χ1v) is 9.39. The molecule has 26 heavy (non-hydrogen) atoms. The quantitative estimate of drug-likeness (QED) is 0.250. The van der Waals surface area contributed by atoms with Crippen LogP contribution in [-0.4, -0.2) is 25.3 Å². The summed E-state index contributed by atoms with van der Waals surface area (Å²) in [5.74, 6) is 0.840. The maximum absolute atomic E-state index is 12.0. The molecule has 0 amide bonds. The molecule has 0 unspecified atom stereocenters. The van der Waals surface area contributed by atoms with Crippen LogP contribution >= 0.6 is 0 Å². The first-order chi connectivity index (χ1) is 12.4. The monoisotopic (exact) mass is 373 g/mol. The molecular weight excluding hydrogens is 343 g/mol. The molecule has 0 aliphatic carbocycles. The standard InChI is InChI=1S/C20H30F3NO2/c1-2-25-19(24)16-26-18-13-11-17(12-14-18)10-8-6-4-3-5-7-9-15-20(21,22)23/h11-14,24H,2-10,15-16H2,1H3. The number of aryl methyl sites for hydroxylation is 1. The first kappa shape index (κ1) is 22.3. The highest BCUT2D eigenvalue weighted by Gasteiger charge is 2.25. The van der Waals surface area contributed by atoms with E-state index < -0.39 is 12.6 Å². The fraction of sp³-hybridized carbons (Fsp3) is 0.650. The van der Waals surface area contributed by atoms with Crippen LogP contribution in [0.15, 0.2) is 24.3 Å². The van der Waals surface area contributed by atoms with Gasteiger partial charge in [-0.15, -0.1) is 0 Å². The summed E-state index contributed by atoms with van der Waals surface area (Å²) in [7, 11) is 0. The number of alkyl halides is 3. The molecule has 1 rings (SSSR count). The van der Waals surface area contributed by atoms with Gasteiger partial charge in [-0.05, 0) is 43.9 Å². The van der Waals surface area contributed by atoms with E-state index in [2.05, 4.69) is 0 Å². The largest absolute Gasteiger partial charge is 0.484 e. The zero-order chi connectivity index (χ0) is 19.3. The fourth-order valence-electron chi connectivity index (χ4n) is 2.66. The van der Waals surface area contributed by atoms with Crippen LogP contribution in [0.1, 0.15) is 63.9 Å². The summed E-state index contributed by atoms with van der Waals surface area (Å²) in [5.41, 5.74) is 1.24. The van der Waals surface area contributed by atoms with Crippen molar-refractivity contribution in [3.05, 3.63) is 29.8 Å². The van der Waals surface area contributed by atoms with Gasteiger partial charge in [-0.2, -0.15) is 13.2 Å². The number of nitrogens with one attached hydrogen (secondary N) is 1. The molecule has 0 bridgehead atoms. The van der Waals surface area contributed by atoms with Gasteiger partial charge in [0, 0.05) is 6.42 Å². The van der Waals surface area contributed by atoms with E-state index in [0.717, 1.165) is 44.3 Å². The Hall–Kier alpha value is -1.72. The Bertz CT molecular complexity index is 501. The predicted molar refractivity (Wildman–Crippen MR) is 98.0 cm³/mol. The van der Waals surface area contributed by atoms with E-state index in [-0.39, 0.29) is 18.9 Å². The molecule has 0 saturated carbocycles. The van der Waals surface area contributed by atoms with Gasteiger partial charge >= 0.3 is 6.18 Å². The number of hydrogen-bond acceptors (Lipinski definition) is 3. The summed E-state index contributed by atoms with van der Waals surface area (Å²) in [6.07, 6.45) is 2.40. The third-order valence-electron chi connectivity index (χ3n) is 4.04. The van der Waals surface area contributed by atoms with Crippen LogP contribution < -0.4 is 4.74 Å². The van der Waals surface area contributed by atoms with Crippen LogP contribution in [0, 0.1) is 5.41 Å². The molecule has 1 aromatic carbocycles. The van der Waals surface area contributed by atoms with Crippen LogP contribution in [0.5, 0.6) is 5.75 Å². The zero-order valence-corrected chi connectivity index (χ0v) is 15.5. The number of ether oxygens (including phenoxy) is 2. The van der Waals surface area contributed by atoms with Gasteiger partial charge in [0.2, 0.25) is 5.90 Å². The average molecular weight is 373 g/mol. The Labute approximate surface area is 154 Å². The molecule has 1 aromatic rings. The van der Waals surface area contributed by atoms with Gasteiger partial charge in [0.25, 0.3) is 0 Å². The molecule has 0 aliphatic heterocycles. The van der Waals surface area contributed by atoms with Crippen LogP contribution in [0.3, 0.4) is 0 Å². The van der Waals surface area contributed by atoms with E-state index in [4.69, 9.17) is 14.9 Å². The molecular formula is C20H30F3NO2. The highest BCUT2D eigenvalue weighted by molar-refractivity contribution is 5.74. The van der Waals surface area contributed by atoms with Crippen molar-refractivity contribution < 1.29 is 22.6 Å². The third kappa shape index (κ3) is 11.8. The number of benzene rings is 1. The molecule has 3 nitrogen and oxygen atoms in total. The zero-order valence-electron chi connectivity index (χ0n) is 15.5. The molecule has 0 radical (unpaired) electrons. The van der Waals surface area contributed by atoms with Crippen LogP contribution in [0.25, 0.3) is 0 Å². The second-order valence-electron chi connectivity index (χ2n) is 6.38. The van der Waals surface area contributed by atoms with Crippen molar-refractivity contribution in [2.45, 2.75) is 70.9 Å². The molecule has 0 aliphatic rings. The Kier molecular flexibility index (Phi) is 10.8. The van der Waals surface area contributed by atoms with E-state index in [1.165, 1.54) is 5.56 Å². The van der Waals surface area contributed by atoms with Crippen molar-refractivity contribution in [2.75, 3.05) is 13.2 Å². The van der Waals surface area contributed by atoms with Crippen molar-refractivity contribution in [1.82, 2.24) is 0 Å². The second-order valence-corrected chi connectivity index (χ2v) is 6.38. The molecule has 0 aromatic heterocycles. The van der Waals surface area contributed by atoms with E-state index in [1.807, 2.05) is 31.2 Å². The number of rotatable bonds is 13. The molecule has 1 N–H and O–H groups in total. The van der Waals surface area contributed by atoms with Gasteiger partial charge in [0.15, 0.2) is 6.61 Å². The molecule has 0 spiro atoms. The first-order valence-electron chi connectivity index (χ1n) is 9.39. The lowest BCUT2D eigenvalue weighted by Gasteiger charge is -2.08. The van der Waals surface area contributed by atoms with E-state index in [9.17, 15) is 13.2 Å². The molecule has 0 atom stereocenters. The Morgan fingerprint density at radius 3 is 2.08 bits per heavy atom. The lowest BCUT2D eigenvalue weighted by atomic mass is 10.0. The molecule has 0 saturated heterocycles. The fourth-order valence-corrected chi connectivity index (χ4v) is 2.66. The highest BCUT2D eigenvalue weighted by atomic mass is 19.4. The van der Waals surface area contributed by atoms with E-state index in [1.54, 1.807) is 0 Å². The minimum absolute atomic E-state index is 0.120. The van der Waals surface area contributed by atoms with Gasteiger partial charge in [-0.3, -0.25) is 5.41 Å². The summed E-state index contributed by atoms with van der Waals surface area (Å²) in [5, 5.41) is 7.49. The minimum atomic E-state index is -4.01. The van der Waals surface area contributed by atoms with Gasteiger partial charge in [-0.25, -0.2) is 0 Å². The van der Waals surface area contributed by atoms with E-state index >= 15 is 0 Å². The summed E-state index contributed by atoms with van der Waals surface area (Å²) < 4.78 is 46.5. The van der Waals surface area contributed by atoms with Crippen LogP contribution in [0.4, 0.5) is 13.2 Å². The minimum Gasteiger partial charge on any atom is -0.484 e. The summed E-state index contributed by atoms with van der Waals surface area (Å²) in [4.78, 5) is 0. The third-order valence-corrected chi connectivity index (χ3v) is 4.04. The second kappa shape index (κ2) is 12.6. The predicted octanol–water partition coefficient (Wildman–Crippen LogP) is 6.30. The lowest BCUT2D eigenvalue weighted by molar-refractivity contribution is -0.135. The molecule has 0 heterocycles. The maximum Gasteiger partial charge on any atom is 0.389 e. The average Bonchev–Trinajstić information content (AvgIpc) is 2.59. The normalized spacial score (nSPS) is 11.4. The SMILES string of the molecule is CCOC(=N)COc1ccc(CCCCCCCCCC(F)(F)F)cc1. The Morgan fingerprint density at radius 2 is 1.50 bits per heavy atom. The maximum atomic E-state index is 12.0. The van der Waals surface area contributed by atoms with Crippen molar-refractivity contribution in [1.29, 1.82) is 5.41 Å². The number of hydrogen-bond donors (Lipinski definition) is 1. The topological polar surface area (TPSA) is 42.3 Å². The van der Waals surface area contributed by atoms with Gasteiger partial charge in [-0.1, -0.05) is 44.2 Å². The van der Waals surface area contributed by atoms with E-state index in [0.29, 0.717) is 13.0 Å². The molecule has 0 fully saturated rings. The molecule has 148 valence electrons. The Balaban J connectivity index is 2.05. The van der Waals surface area contributed by atoms with Crippen LogP contribution in [-0.2, 0) is 11.2 Å². The Morgan fingerprint density at radius 1 is 0.923 bits per heavy atom. The van der Waals surface area contributed by atoms with Gasteiger partial charge in [0.1, 0.15) is 5.75 Å². The van der Waals surface area contributed by atoms with Crippen LogP contribution in [0.2, 0.25) is 0 Å². The highest BCUT2D eigenvalue weighted by Crippen LogP contribution is 2.23. The molecule has 6 heteroatoms. The van der Waals surface area contributed by atoms with Crippen molar-refractivity contribution in [3.63, 3.8) is 0 Å². The smallest absolute Gasteiger partial charge is 0.389 e. The number of unbranched alkanes of at least 4 members (excludes halogenated alkanes) is 6. The summed E-state index contributed by atoms with van der Waals surface area (Å²) in [6.45, 7) is 2.43. The lowest BCUT2D eigenvalue weighted by Crippen LogP contribution is -2.13. The van der Waals surface area contributed by atoms with Gasteiger partial charge < -0.3 is 9.47 Å². The van der Waals surface area contributed by atoms with Crippen molar-refractivity contribution in [2.24, 2.45) is 0 Å². The summed E-state index contributed by atoms with van der Waals surface area (Å²) >= 11 is 0. The van der Waals surface area contributed by atoms with Crippen molar-refractivity contribution >= 4 is 5.90 Å². The number of halogens is 3. The van der Waals surface area contributed by atoms with Gasteiger partial charge in [0.05, 0.1) is 6.61 Å². The summed E-state index contributed by atoms with van der Waals surface area (Å²) in [6, 6.07) is 7.85. The van der Waals surface area contributed by atoms with Crippen molar-refractivity contribution in [3.8, 4) is 5.75 Å².